The van der Waals surface area contributed by atoms with Crippen LogP contribution < -0.4 is 9.47 Å². The SMILES string of the molecule is COC(C(C)=O)N1CCC(Oc2ncnc(Oc3ccc(S(C)(=O)=O)cc3F)c2C)CC1. The fourth-order valence-corrected chi connectivity index (χ4v) is 4.13. The van der Waals surface area contributed by atoms with Crippen molar-refractivity contribution < 1.29 is 31.8 Å². The molecule has 1 aromatic carbocycles. The van der Waals surface area contributed by atoms with Gasteiger partial charge in [0.25, 0.3) is 0 Å². The maximum atomic E-state index is 14.4. The third kappa shape index (κ3) is 5.59. The molecule has 9 nitrogen and oxygen atoms in total. The van der Waals surface area contributed by atoms with Crippen LogP contribution in [-0.4, -0.2) is 67.9 Å². The Morgan fingerprint density at radius 3 is 2.44 bits per heavy atom. The molecule has 0 N–H and O–H groups in total. The van der Waals surface area contributed by atoms with Crippen molar-refractivity contribution in [2.24, 2.45) is 0 Å². The minimum absolute atomic E-state index is 0.0443. The van der Waals surface area contributed by atoms with Crippen molar-refractivity contribution in [3.8, 4) is 17.5 Å². The van der Waals surface area contributed by atoms with Crippen molar-refractivity contribution in [3.05, 3.63) is 35.9 Å². The Labute approximate surface area is 186 Å². The van der Waals surface area contributed by atoms with Crippen LogP contribution in [0.1, 0.15) is 25.3 Å². The number of aromatic nitrogens is 2. The van der Waals surface area contributed by atoms with Crippen molar-refractivity contribution >= 4 is 15.6 Å². The average Bonchev–Trinajstić information content (AvgIpc) is 2.73. The zero-order chi connectivity index (χ0) is 23.5. The van der Waals surface area contributed by atoms with Crippen LogP contribution in [0.15, 0.2) is 29.4 Å². The standard InChI is InChI=1S/C21H26FN3O6S/c1-13-19(30-15-7-9-25(10-8-15)21(29-3)14(2)26)23-12-24-20(13)31-18-6-5-16(11-17(18)22)32(4,27)28/h5-6,11-12,15,21H,7-10H2,1-4H3. The van der Waals surface area contributed by atoms with E-state index in [-0.39, 0.29) is 28.4 Å². The highest BCUT2D eigenvalue weighted by molar-refractivity contribution is 7.90. The van der Waals surface area contributed by atoms with Gasteiger partial charge in [-0.25, -0.2) is 22.8 Å². The molecule has 0 aliphatic carbocycles. The molecule has 1 aliphatic rings. The van der Waals surface area contributed by atoms with E-state index in [1.165, 1.54) is 32.5 Å². The van der Waals surface area contributed by atoms with Crippen LogP contribution in [0, 0.1) is 12.7 Å². The van der Waals surface area contributed by atoms with Crippen molar-refractivity contribution in [2.75, 3.05) is 26.5 Å². The van der Waals surface area contributed by atoms with Gasteiger partial charge in [-0.05, 0) is 44.9 Å². The number of methoxy groups -OCH3 is 1. The first-order valence-corrected chi connectivity index (χ1v) is 11.9. The number of ether oxygens (including phenoxy) is 3. The molecule has 1 unspecified atom stereocenters. The van der Waals surface area contributed by atoms with E-state index in [9.17, 15) is 17.6 Å². The number of rotatable bonds is 8. The van der Waals surface area contributed by atoms with Crippen LogP contribution in [0.3, 0.4) is 0 Å². The first-order valence-electron chi connectivity index (χ1n) is 10.0. The molecule has 0 amide bonds. The number of benzene rings is 1. The molecule has 0 bridgehead atoms. The Morgan fingerprint density at radius 2 is 1.88 bits per heavy atom. The van der Waals surface area contributed by atoms with E-state index in [1.807, 2.05) is 4.90 Å². The summed E-state index contributed by atoms with van der Waals surface area (Å²) in [6, 6.07) is 3.41. The lowest BCUT2D eigenvalue weighted by atomic mass is 10.1. The Hall–Kier alpha value is -2.63. The largest absolute Gasteiger partial charge is 0.474 e. The predicted molar refractivity (Wildman–Crippen MR) is 113 cm³/mol. The van der Waals surface area contributed by atoms with Gasteiger partial charge in [-0.3, -0.25) is 9.69 Å². The van der Waals surface area contributed by atoms with Gasteiger partial charge in [-0.1, -0.05) is 0 Å². The van der Waals surface area contributed by atoms with Crippen molar-refractivity contribution in [1.29, 1.82) is 0 Å². The van der Waals surface area contributed by atoms with E-state index >= 15 is 0 Å². The van der Waals surface area contributed by atoms with E-state index in [0.717, 1.165) is 12.3 Å². The van der Waals surface area contributed by atoms with Crippen LogP contribution in [0.5, 0.6) is 17.5 Å². The van der Waals surface area contributed by atoms with Crippen LogP contribution >= 0.6 is 0 Å². The highest BCUT2D eigenvalue weighted by Crippen LogP contribution is 2.31. The van der Waals surface area contributed by atoms with Crippen molar-refractivity contribution in [2.45, 2.75) is 43.9 Å². The minimum Gasteiger partial charge on any atom is -0.474 e. The number of Topliss-reactive ketones (excluding diaryl/α,β-unsaturated/α-hetero) is 1. The van der Waals surface area contributed by atoms with Gasteiger partial charge in [-0.2, -0.15) is 0 Å². The lowest BCUT2D eigenvalue weighted by molar-refractivity contribution is -0.140. The molecule has 1 aromatic heterocycles. The minimum atomic E-state index is -3.53. The number of hydrogen-bond donors (Lipinski definition) is 0. The van der Waals surface area contributed by atoms with E-state index in [0.29, 0.717) is 37.4 Å². The average molecular weight is 468 g/mol. The summed E-state index contributed by atoms with van der Waals surface area (Å²) in [7, 11) is -2.02. The molecule has 0 radical (unpaired) electrons. The highest BCUT2D eigenvalue weighted by Gasteiger charge is 2.29. The Balaban J connectivity index is 1.69. The summed E-state index contributed by atoms with van der Waals surface area (Å²) in [5.74, 6) is -0.602. The molecule has 1 saturated heterocycles. The number of carbonyl (C=O) groups is 1. The number of likely N-dealkylation sites (tertiary alicyclic amines) is 1. The van der Waals surface area contributed by atoms with E-state index < -0.39 is 21.9 Å². The Bertz CT molecular complexity index is 1090. The maximum absolute atomic E-state index is 14.4. The second kappa shape index (κ2) is 9.88. The molecule has 3 rings (SSSR count). The van der Waals surface area contributed by atoms with Crippen LogP contribution in [-0.2, 0) is 19.4 Å². The summed E-state index contributed by atoms with van der Waals surface area (Å²) in [6.45, 7) is 4.46. The fourth-order valence-electron chi connectivity index (χ4n) is 3.50. The van der Waals surface area contributed by atoms with Gasteiger partial charge >= 0.3 is 0 Å². The lowest BCUT2D eigenvalue weighted by Crippen LogP contribution is -2.47. The Kier molecular flexibility index (Phi) is 7.42. The Morgan fingerprint density at radius 1 is 1.22 bits per heavy atom. The van der Waals surface area contributed by atoms with E-state index in [4.69, 9.17) is 14.2 Å². The predicted octanol–water partition coefficient (Wildman–Crippen LogP) is 2.52. The molecule has 174 valence electrons. The molecule has 1 atom stereocenters. The lowest BCUT2D eigenvalue weighted by Gasteiger charge is -2.35. The summed E-state index contributed by atoms with van der Waals surface area (Å²) < 4.78 is 54.4. The summed E-state index contributed by atoms with van der Waals surface area (Å²) in [6.07, 6.45) is 2.93. The summed E-state index contributed by atoms with van der Waals surface area (Å²) in [5, 5.41) is 0. The number of carbonyl (C=O) groups excluding carboxylic acids is 1. The van der Waals surface area contributed by atoms with Gasteiger partial charge in [0.05, 0.1) is 10.5 Å². The number of nitrogens with zero attached hydrogens (tertiary/aromatic N) is 3. The monoisotopic (exact) mass is 467 g/mol. The van der Waals surface area contributed by atoms with Crippen LogP contribution in [0.25, 0.3) is 0 Å². The number of halogens is 1. The first-order chi connectivity index (χ1) is 15.1. The van der Waals surface area contributed by atoms with Gasteiger partial charge in [0.2, 0.25) is 11.8 Å². The molecular formula is C21H26FN3O6S. The summed E-state index contributed by atoms with van der Waals surface area (Å²) in [4.78, 5) is 21.7. The smallest absolute Gasteiger partial charge is 0.229 e. The maximum Gasteiger partial charge on any atom is 0.229 e. The van der Waals surface area contributed by atoms with E-state index in [1.54, 1.807) is 6.92 Å². The van der Waals surface area contributed by atoms with Crippen LogP contribution in [0.4, 0.5) is 4.39 Å². The molecule has 11 heteroatoms. The number of piperidine rings is 1. The normalized spacial score (nSPS) is 16.5. The molecular weight excluding hydrogens is 441 g/mol. The third-order valence-corrected chi connectivity index (χ3v) is 6.30. The zero-order valence-corrected chi connectivity index (χ0v) is 19.2. The molecule has 0 saturated carbocycles. The molecule has 0 spiro atoms. The molecule has 2 heterocycles. The second-order valence-corrected chi connectivity index (χ2v) is 9.64. The molecule has 1 fully saturated rings. The van der Waals surface area contributed by atoms with E-state index in [2.05, 4.69) is 9.97 Å². The fraction of sp³-hybridized carbons (Fsp3) is 0.476. The first kappa shape index (κ1) is 24.0. The second-order valence-electron chi connectivity index (χ2n) is 7.63. The highest BCUT2D eigenvalue weighted by atomic mass is 32.2. The summed E-state index contributed by atoms with van der Waals surface area (Å²) in [5.41, 5.74) is 0.486. The zero-order valence-electron chi connectivity index (χ0n) is 18.4. The molecule has 2 aromatic rings. The third-order valence-electron chi connectivity index (χ3n) is 5.19. The topological polar surface area (TPSA) is 108 Å². The molecule has 32 heavy (non-hydrogen) atoms. The van der Waals surface area contributed by atoms with Gasteiger partial charge in [-0.15, -0.1) is 0 Å². The number of sulfone groups is 1. The van der Waals surface area contributed by atoms with Crippen LogP contribution in [0.2, 0.25) is 0 Å². The van der Waals surface area contributed by atoms with Crippen molar-refractivity contribution in [1.82, 2.24) is 14.9 Å². The quantitative estimate of drug-likeness (QED) is 0.579. The summed E-state index contributed by atoms with van der Waals surface area (Å²) >= 11 is 0. The van der Waals surface area contributed by atoms with Gasteiger partial charge in [0, 0.05) is 26.5 Å². The van der Waals surface area contributed by atoms with Crippen molar-refractivity contribution in [3.63, 3.8) is 0 Å². The molecule has 1 aliphatic heterocycles. The number of ketones is 1. The van der Waals surface area contributed by atoms with Gasteiger partial charge in [0.1, 0.15) is 12.4 Å². The van der Waals surface area contributed by atoms with Gasteiger partial charge in [0.15, 0.2) is 33.4 Å². The van der Waals surface area contributed by atoms with Gasteiger partial charge < -0.3 is 14.2 Å². The number of hydrogen-bond acceptors (Lipinski definition) is 9.